The number of carbonyl (C=O) groups is 2. The molecule has 1 aliphatic heterocycles. The summed E-state index contributed by atoms with van der Waals surface area (Å²) in [4.78, 5) is 37.4. The summed E-state index contributed by atoms with van der Waals surface area (Å²) in [5.74, 6) is 0.143. The third-order valence-corrected chi connectivity index (χ3v) is 4.58. The molecular weight excluding hydrogens is 332 g/mol. The van der Waals surface area contributed by atoms with Gasteiger partial charge in [0.1, 0.15) is 18.1 Å². The number of rotatable bonds is 3. The molecule has 1 aromatic carbocycles. The maximum atomic E-state index is 12.5. The molecule has 132 valence electrons. The maximum absolute atomic E-state index is 12.5. The van der Waals surface area contributed by atoms with Gasteiger partial charge in [-0.05, 0) is 36.6 Å². The van der Waals surface area contributed by atoms with Gasteiger partial charge in [-0.3, -0.25) is 4.79 Å². The van der Waals surface area contributed by atoms with Crippen LogP contribution in [-0.2, 0) is 22.6 Å². The van der Waals surface area contributed by atoms with Crippen LogP contribution >= 0.6 is 0 Å². The number of H-pyrrole nitrogens is 1. The second-order valence-electron chi connectivity index (χ2n) is 6.35. The van der Waals surface area contributed by atoms with E-state index in [1.807, 2.05) is 18.2 Å². The molecule has 0 spiro atoms. The highest BCUT2D eigenvalue weighted by Gasteiger charge is 2.21. The van der Waals surface area contributed by atoms with Crippen LogP contribution in [0.4, 0.5) is 5.69 Å². The number of aromatic nitrogens is 3. The van der Waals surface area contributed by atoms with E-state index in [4.69, 9.17) is 4.74 Å². The Balaban J connectivity index is 1.53. The van der Waals surface area contributed by atoms with Crippen molar-refractivity contribution in [1.29, 1.82) is 0 Å². The first-order valence-corrected chi connectivity index (χ1v) is 8.40. The van der Waals surface area contributed by atoms with E-state index in [2.05, 4.69) is 15.0 Å². The molecule has 0 fully saturated rings. The number of fused-ring (bicyclic) bond motifs is 2. The van der Waals surface area contributed by atoms with Crippen LogP contribution < -0.4 is 4.90 Å². The van der Waals surface area contributed by atoms with Crippen molar-refractivity contribution in [2.75, 3.05) is 11.9 Å². The van der Waals surface area contributed by atoms with Crippen molar-refractivity contribution in [3.05, 3.63) is 53.1 Å². The summed E-state index contributed by atoms with van der Waals surface area (Å²) in [7, 11) is 1.78. The standard InChI is InChI=1S/C19H18N4O3/c1-11-21-17(14-7-8-20-18(14)22-11)19(25)26-10-12-3-5-15-13(9-12)4-6-16(24)23(15)2/h3,5,7-9H,4,6,10H2,1-2H3,(H,20,21,22). The van der Waals surface area contributed by atoms with Crippen LogP contribution in [0, 0.1) is 6.92 Å². The van der Waals surface area contributed by atoms with E-state index >= 15 is 0 Å². The van der Waals surface area contributed by atoms with Gasteiger partial charge in [-0.2, -0.15) is 0 Å². The number of anilines is 1. The van der Waals surface area contributed by atoms with Gasteiger partial charge in [0.05, 0.1) is 5.39 Å². The van der Waals surface area contributed by atoms with Crippen molar-refractivity contribution in [1.82, 2.24) is 15.0 Å². The van der Waals surface area contributed by atoms with Crippen molar-refractivity contribution >= 4 is 28.6 Å². The Hall–Kier alpha value is -3.22. The Morgan fingerprint density at radius 3 is 2.96 bits per heavy atom. The lowest BCUT2D eigenvalue weighted by Crippen LogP contribution is -2.31. The third-order valence-electron chi connectivity index (χ3n) is 4.58. The predicted molar refractivity (Wildman–Crippen MR) is 95.9 cm³/mol. The molecule has 0 saturated carbocycles. The largest absolute Gasteiger partial charge is 0.456 e. The number of amides is 1. The van der Waals surface area contributed by atoms with E-state index in [0.29, 0.717) is 29.7 Å². The first-order valence-electron chi connectivity index (χ1n) is 8.40. The van der Waals surface area contributed by atoms with E-state index < -0.39 is 5.97 Å². The summed E-state index contributed by atoms with van der Waals surface area (Å²) in [6, 6.07) is 7.52. The Morgan fingerprint density at radius 1 is 1.27 bits per heavy atom. The van der Waals surface area contributed by atoms with Crippen molar-refractivity contribution < 1.29 is 14.3 Å². The normalized spacial score (nSPS) is 13.8. The predicted octanol–water partition coefficient (Wildman–Crippen LogP) is 2.53. The van der Waals surface area contributed by atoms with Crippen LogP contribution in [0.3, 0.4) is 0 Å². The highest BCUT2D eigenvalue weighted by molar-refractivity contribution is 6.00. The summed E-state index contributed by atoms with van der Waals surface area (Å²) >= 11 is 0. The fraction of sp³-hybridized carbons (Fsp3) is 0.263. The Labute approximate surface area is 150 Å². The minimum Gasteiger partial charge on any atom is -0.456 e. The fourth-order valence-corrected chi connectivity index (χ4v) is 3.23. The molecule has 3 heterocycles. The van der Waals surface area contributed by atoms with Crippen LogP contribution in [0.25, 0.3) is 11.0 Å². The van der Waals surface area contributed by atoms with Crippen LogP contribution in [0.2, 0.25) is 0 Å². The quantitative estimate of drug-likeness (QED) is 0.733. The van der Waals surface area contributed by atoms with Crippen LogP contribution in [0.5, 0.6) is 0 Å². The molecule has 0 bridgehead atoms. The van der Waals surface area contributed by atoms with Crippen LogP contribution in [0.1, 0.15) is 33.9 Å². The molecule has 0 radical (unpaired) electrons. The van der Waals surface area contributed by atoms with Crippen molar-refractivity contribution in [3.8, 4) is 0 Å². The van der Waals surface area contributed by atoms with Gasteiger partial charge >= 0.3 is 5.97 Å². The molecule has 7 nitrogen and oxygen atoms in total. The Morgan fingerprint density at radius 2 is 2.12 bits per heavy atom. The number of hydrogen-bond acceptors (Lipinski definition) is 5. The molecule has 26 heavy (non-hydrogen) atoms. The number of carbonyl (C=O) groups excluding carboxylic acids is 2. The average molecular weight is 350 g/mol. The van der Waals surface area contributed by atoms with Crippen LogP contribution in [-0.4, -0.2) is 33.9 Å². The molecule has 1 N–H and O–H groups in total. The number of nitrogens with one attached hydrogen (secondary N) is 1. The summed E-state index contributed by atoms with van der Waals surface area (Å²) in [5, 5.41) is 0.645. The molecule has 0 saturated heterocycles. The fourth-order valence-electron chi connectivity index (χ4n) is 3.23. The molecule has 0 unspecified atom stereocenters. The van der Waals surface area contributed by atoms with Gasteiger partial charge in [0.15, 0.2) is 5.69 Å². The topological polar surface area (TPSA) is 88.2 Å². The summed E-state index contributed by atoms with van der Waals surface area (Å²) in [6.07, 6.45) is 2.92. The van der Waals surface area contributed by atoms with E-state index in [1.165, 1.54) is 0 Å². The average Bonchev–Trinajstić information content (AvgIpc) is 3.10. The second kappa shape index (κ2) is 6.25. The van der Waals surface area contributed by atoms with Gasteiger partial charge in [-0.1, -0.05) is 12.1 Å². The monoisotopic (exact) mass is 350 g/mol. The van der Waals surface area contributed by atoms with Gasteiger partial charge in [-0.15, -0.1) is 0 Å². The highest BCUT2D eigenvalue weighted by Crippen LogP contribution is 2.28. The van der Waals surface area contributed by atoms with Crippen molar-refractivity contribution in [2.24, 2.45) is 0 Å². The maximum Gasteiger partial charge on any atom is 0.358 e. The lowest BCUT2D eigenvalue weighted by Gasteiger charge is -2.26. The van der Waals surface area contributed by atoms with Gasteiger partial charge < -0.3 is 14.6 Å². The van der Waals surface area contributed by atoms with Crippen molar-refractivity contribution in [2.45, 2.75) is 26.4 Å². The molecule has 0 aliphatic carbocycles. The first kappa shape index (κ1) is 16.3. The molecule has 3 aromatic rings. The number of esters is 1. The number of nitrogens with zero attached hydrogens (tertiary/aromatic N) is 3. The van der Waals surface area contributed by atoms with Crippen molar-refractivity contribution in [3.63, 3.8) is 0 Å². The first-order chi connectivity index (χ1) is 12.5. The van der Waals surface area contributed by atoms with Gasteiger partial charge in [0, 0.05) is 25.4 Å². The zero-order chi connectivity index (χ0) is 18.3. The number of aryl methyl sites for hydroxylation is 2. The number of benzene rings is 1. The third kappa shape index (κ3) is 2.81. The zero-order valence-electron chi connectivity index (χ0n) is 14.6. The minimum atomic E-state index is -0.481. The summed E-state index contributed by atoms with van der Waals surface area (Å²) < 4.78 is 5.46. The summed E-state index contributed by atoms with van der Waals surface area (Å²) in [5.41, 5.74) is 3.77. The molecule has 4 rings (SSSR count). The molecule has 1 amide bonds. The second-order valence-corrected chi connectivity index (χ2v) is 6.35. The molecular formula is C19H18N4O3. The Kier molecular flexibility index (Phi) is 3.91. The number of ether oxygens (including phenoxy) is 1. The molecule has 7 heteroatoms. The van der Waals surface area contributed by atoms with E-state index in [-0.39, 0.29) is 18.2 Å². The van der Waals surface area contributed by atoms with E-state index in [9.17, 15) is 9.59 Å². The molecule has 0 atom stereocenters. The van der Waals surface area contributed by atoms with Gasteiger partial charge in [-0.25, -0.2) is 14.8 Å². The minimum absolute atomic E-state index is 0.117. The number of hydrogen-bond donors (Lipinski definition) is 1. The molecule has 1 aliphatic rings. The Bertz CT molecular complexity index is 1020. The highest BCUT2D eigenvalue weighted by atomic mass is 16.5. The van der Waals surface area contributed by atoms with Gasteiger partial charge in [0.2, 0.25) is 5.91 Å². The molecule has 2 aromatic heterocycles. The van der Waals surface area contributed by atoms with E-state index in [0.717, 1.165) is 16.8 Å². The lowest BCUT2D eigenvalue weighted by molar-refractivity contribution is -0.118. The zero-order valence-corrected chi connectivity index (χ0v) is 14.6. The summed E-state index contributed by atoms with van der Waals surface area (Å²) in [6.45, 7) is 1.89. The number of aromatic amines is 1. The lowest BCUT2D eigenvalue weighted by atomic mass is 9.99. The SMILES string of the molecule is Cc1nc(C(=O)OCc2ccc3c(c2)CCC(=O)N3C)c2cc[nH]c2n1. The van der Waals surface area contributed by atoms with Gasteiger partial charge in [0.25, 0.3) is 0 Å². The smallest absolute Gasteiger partial charge is 0.358 e. The van der Waals surface area contributed by atoms with Crippen LogP contribution in [0.15, 0.2) is 30.5 Å². The van der Waals surface area contributed by atoms with E-state index in [1.54, 1.807) is 31.1 Å².